The van der Waals surface area contributed by atoms with E-state index in [1.165, 1.54) is 12.8 Å². The third-order valence-electron chi connectivity index (χ3n) is 4.99. The molecule has 1 aromatic rings. The zero-order valence-corrected chi connectivity index (χ0v) is 13.1. The molecule has 1 aromatic heterocycles. The lowest BCUT2D eigenvalue weighted by Gasteiger charge is -2.40. The van der Waals surface area contributed by atoms with Crippen LogP contribution >= 0.6 is 0 Å². The van der Waals surface area contributed by atoms with Gasteiger partial charge in [-0.2, -0.15) is 0 Å². The van der Waals surface area contributed by atoms with Crippen LogP contribution in [0.2, 0.25) is 0 Å². The molecule has 1 N–H and O–H groups in total. The highest BCUT2D eigenvalue weighted by Gasteiger charge is 2.43. The first-order valence-corrected chi connectivity index (χ1v) is 8.18. The molecular weight excluding hydrogens is 264 g/mol. The number of hydrogen-bond donors (Lipinski definition) is 1. The van der Waals surface area contributed by atoms with Gasteiger partial charge in [-0.3, -0.25) is 0 Å². The number of ether oxygens (including phenoxy) is 1. The summed E-state index contributed by atoms with van der Waals surface area (Å²) in [6, 6.07) is 0.465. The lowest BCUT2D eigenvalue weighted by molar-refractivity contribution is 0.00376. The number of morpholine rings is 1. The van der Waals surface area contributed by atoms with Crippen molar-refractivity contribution in [2.45, 2.75) is 64.2 Å². The molecule has 2 fully saturated rings. The number of anilines is 2. The lowest BCUT2D eigenvalue weighted by atomic mass is 10.0. The van der Waals surface area contributed by atoms with Gasteiger partial charge in [0.05, 0.1) is 29.6 Å². The highest BCUT2D eigenvalue weighted by molar-refractivity contribution is 5.70. The second kappa shape index (κ2) is 4.83. The molecule has 0 radical (unpaired) electrons. The topological polar surface area (TPSA) is 50.3 Å². The predicted molar refractivity (Wildman–Crippen MR) is 83.0 cm³/mol. The van der Waals surface area contributed by atoms with Crippen LogP contribution < -0.4 is 10.2 Å². The molecule has 0 amide bonds. The predicted octanol–water partition coefficient (Wildman–Crippen LogP) is 2.46. The molecule has 0 spiro atoms. The first-order valence-electron chi connectivity index (χ1n) is 8.18. The molecular formula is C16H24N4O. The molecule has 0 saturated carbocycles. The first-order chi connectivity index (χ1) is 10.1. The number of fused-ring (bicyclic) bond motifs is 6. The number of hydrogen-bond acceptors (Lipinski definition) is 5. The Balaban J connectivity index is 1.81. The van der Waals surface area contributed by atoms with Gasteiger partial charge in [-0.05, 0) is 26.2 Å². The average Bonchev–Trinajstić information content (AvgIpc) is 2.73. The van der Waals surface area contributed by atoms with Crippen molar-refractivity contribution >= 4 is 11.5 Å². The molecule has 0 aliphatic carbocycles. The minimum Gasteiger partial charge on any atom is -0.380 e. The smallest absolute Gasteiger partial charge is 0.156 e. The summed E-state index contributed by atoms with van der Waals surface area (Å²) in [4.78, 5) is 12.1. The van der Waals surface area contributed by atoms with Gasteiger partial charge in [0.15, 0.2) is 5.82 Å². The molecule has 3 aliphatic heterocycles. The summed E-state index contributed by atoms with van der Waals surface area (Å²) in [5.74, 6) is 2.41. The molecule has 4 heterocycles. The molecule has 114 valence electrons. The standard InChI is InChI=1S/C16H24N4O/c1-9(2)15-18-10(3)14-16(19-15)20-8-11-4-5-13(21-11)12(20)6-7-17-14/h9,11-13,17H,4-8H2,1-3H3. The monoisotopic (exact) mass is 288 g/mol. The molecule has 5 heteroatoms. The van der Waals surface area contributed by atoms with E-state index in [9.17, 15) is 0 Å². The van der Waals surface area contributed by atoms with Crippen LogP contribution in [0, 0.1) is 6.92 Å². The summed E-state index contributed by atoms with van der Waals surface area (Å²) >= 11 is 0. The minimum atomic E-state index is 0.355. The van der Waals surface area contributed by atoms with Crippen molar-refractivity contribution in [1.82, 2.24) is 9.97 Å². The van der Waals surface area contributed by atoms with Crippen LogP contribution in [0.25, 0.3) is 0 Å². The summed E-state index contributed by atoms with van der Waals surface area (Å²) in [6.07, 6.45) is 4.28. The van der Waals surface area contributed by atoms with E-state index in [1.54, 1.807) is 0 Å². The van der Waals surface area contributed by atoms with Crippen molar-refractivity contribution in [2.75, 3.05) is 23.3 Å². The molecule has 5 nitrogen and oxygen atoms in total. The Morgan fingerprint density at radius 1 is 1.24 bits per heavy atom. The summed E-state index contributed by atoms with van der Waals surface area (Å²) in [5, 5.41) is 3.55. The number of aryl methyl sites for hydroxylation is 1. The minimum absolute atomic E-state index is 0.355. The van der Waals surface area contributed by atoms with E-state index in [0.29, 0.717) is 24.2 Å². The SMILES string of the molecule is Cc1nc(C(C)C)nc2c1NCCC1C3CCC(CN21)O3. The molecule has 3 aliphatic rings. The van der Waals surface area contributed by atoms with Gasteiger partial charge in [0.25, 0.3) is 0 Å². The van der Waals surface area contributed by atoms with Crippen LogP contribution in [0.1, 0.15) is 50.5 Å². The third-order valence-corrected chi connectivity index (χ3v) is 4.99. The Hall–Kier alpha value is -1.36. The van der Waals surface area contributed by atoms with Gasteiger partial charge in [-0.1, -0.05) is 13.8 Å². The molecule has 0 aromatic carbocycles. The van der Waals surface area contributed by atoms with E-state index in [1.807, 2.05) is 0 Å². The summed E-state index contributed by atoms with van der Waals surface area (Å²) < 4.78 is 6.13. The van der Waals surface area contributed by atoms with Gasteiger partial charge >= 0.3 is 0 Å². The molecule has 2 bridgehead atoms. The van der Waals surface area contributed by atoms with E-state index < -0.39 is 0 Å². The maximum Gasteiger partial charge on any atom is 0.156 e. The van der Waals surface area contributed by atoms with Gasteiger partial charge in [-0.25, -0.2) is 9.97 Å². The van der Waals surface area contributed by atoms with Gasteiger partial charge in [0, 0.05) is 19.0 Å². The largest absolute Gasteiger partial charge is 0.380 e. The highest BCUT2D eigenvalue weighted by Crippen LogP contribution is 2.40. The number of nitrogens with one attached hydrogen (secondary N) is 1. The first kappa shape index (κ1) is 13.3. The Morgan fingerprint density at radius 2 is 2.10 bits per heavy atom. The maximum atomic E-state index is 6.13. The van der Waals surface area contributed by atoms with Gasteiger partial charge in [0.1, 0.15) is 5.82 Å². The van der Waals surface area contributed by atoms with E-state index in [4.69, 9.17) is 9.72 Å². The number of rotatable bonds is 1. The Labute approximate surface area is 126 Å². The van der Waals surface area contributed by atoms with Crippen molar-refractivity contribution in [1.29, 1.82) is 0 Å². The third kappa shape index (κ3) is 2.09. The van der Waals surface area contributed by atoms with Gasteiger partial charge < -0.3 is 15.0 Å². The van der Waals surface area contributed by atoms with Crippen LogP contribution in [-0.2, 0) is 4.74 Å². The zero-order valence-electron chi connectivity index (χ0n) is 13.1. The fraction of sp³-hybridized carbons (Fsp3) is 0.750. The van der Waals surface area contributed by atoms with Crippen molar-refractivity contribution in [3.05, 3.63) is 11.5 Å². The van der Waals surface area contributed by atoms with E-state index in [0.717, 1.165) is 42.5 Å². The van der Waals surface area contributed by atoms with Crippen molar-refractivity contribution in [3.8, 4) is 0 Å². The molecule has 21 heavy (non-hydrogen) atoms. The van der Waals surface area contributed by atoms with Gasteiger partial charge in [-0.15, -0.1) is 0 Å². The summed E-state index contributed by atoms with van der Waals surface area (Å²) in [5.41, 5.74) is 2.20. The van der Waals surface area contributed by atoms with Gasteiger partial charge in [0.2, 0.25) is 0 Å². The Kier molecular flexibility index (Phi) is 3.06. The molecule has 3 atom stereocenters. The fourth-order valence-electron chi connectivity index (χ4n) is 3.89. The second-order valence-corrected chi connectivity index (χ2v) is 6.83. The van der Waals surface area contributed by atoms with Crippen molar-refractivity contribution in [2.24, 2.45) is 0 Å². The lowest BCUT2D eigenvalue weighted by Crippen LogP contribution is -2.51. The quantitative estimate of drug-likeness (QED) is 0.860. The Morgan fingerprint density at radius 3 is 2.90 bits per heavy atom. The van der Waals surface area contributed by atoms with E-state index in [2.05, 4.69) is 36.0 Å². The molecule has 2 saturated heterocycles. The van der Waals surface area contributed by atoms with Crippen molar-refractivity contribution < 1.29 is 4.74 Å². The van der Waals surface area contributed by atoms with Crippen LogP contribution in [0.15, 0.2) is 0 Å². The van der Waals surface area contributed by atoms with Crippen LogP contribution in [0.5, 0.6) is 0 Å². The maximum absolute atomic E-state index is 6.13. The number of aromatic nitrogens is 2. The summed E-state index contributed by atoms with van der Waals surface area (Å²) in [7, 11) is 0. The summed E-state index contributed by atoms with van der Waals surface area (Å²) in [6.45, 7) is 8.36. The van der Waals surface area contributed by atoms with E-state index in [-0.39, 0.29) is 0 Å². The van der Waals surface area contributed by atoms with Crippen LogP contribution in [-0.4, -0.2) is 41.3 Å². The molecule has 4 rings (SSSR count). The second-order valence-electron chi connectivity index (χ2n) is 6.83. The normalized spacial score (nSPS) is 30.7. The Bertz CT molecular complexity index is 559. The van der Waals surface area contributed by atoms with E-state index >= 15 is 0 Å². The number of nitrogens with zero attached hydrogens (tertiary/aromatic N) is 3. The highest BCUT2D eigenvalue weighted by atomic mass is 16.5. The van der Waals surface area contributed by atoms with Crippen molar-refractivity contribution in [3.63, 3.8) is 0 Å². The molecule has 3 unspecified atom stereocenters. The van der Waals surface area contributed by atoms with Crippen LogP contribution in [0.4, 0.5) is 11.5 Å². The van der Waals surface area contributed by atoms with Crippen LogP contribution in [0.3, 0.4) is 0 Å². The average molecular weight is 288 g/mol. The fourth-order valence-corrected chi connectivity index (χ4v) is 3.89. The zero-order chi connectivity index (χ0) is 14.6.